The number of carbonyl (C=O) groups excluding carboxylic acids is 2. The average Bonchev–Trinajstić information content (AvgIpc) is 3.15. The van der Waals surface area contributed by atoms with Crippen LogP contribution >= 0.6 is 15.9 Å². The maximum Gasteiger partial charge on any atom is 0.379 e. The molecule has 0 bridgehead atoms. The smallest absolute Gasteiger partial charge is 0.379 e. The number of hydrogen-bond acceptors (Lipinski definition) is 4. The van der Waals surface area contributed by atoms with Crippen LogP contribution in [0.15, 0.2) is 16.6 Å². The zero-order chi connectivity index (χ0) is 14.0. The molecule has 2 rings (SSSR count). The highest BCUT2D eigenvalue weighted by atomic mass is 79.9. The van der Waals surface area contributed by atoms with Gasteiger partial charge in [0.15, 0.2) is 0 Å². The molecule has 5 heteroatoms. The maximum absolute atomic E-state index is 12.1. The molecule has 0 radical (unpaired) electrons. The Morgan fingerprint density at radius 2 is 2.05 bits per heavy atom. The third kappa shape index (κ3) is 3.35. The monoisotopic (exact) mass is 326 g/mol. The van der Waals surface area contributed by atoms with E-state index < -0.39 is 11.8 Å². The van der Waals surface area contributed by atoms with Crippen molar-refractivity contribution in [1.82, 2.24) is 0 Å². The molecule has 0 heterocycles. The first kappa shape index (κ1) is 14.1. The summed E-state index contributed by atoms with van der Waals surface area (Å²) >= 11 is 3.38. The van der Waals surface area contributed by atoms with Crippen molar-refractivity contribution >= 4 is 27.7 Å². The number of ether oxygens (including phenoxy) is 2. The molecule has 0 spiro atoms. The molecular formula is C14H15BrO4. The van der Waals surface area contributed by atoms with Crippen molar-refractivity contribution in [3.8, 4) is 5.75 Å². The summed E-state index contributed by atoms with van der Waals surface area (Å²) < 4.78 is 11.2. The summed E-state index contributed by atoms with van der Waals surface area (Å²) in [4.78, 5) is 23.7. The van der Waals surface area contributed by atoms with Gasteiger partial charge in [-0.3, -0.25) is 4.79 Å². The first-order chi connectivity index (χ1) is 9.02. The zero-order valence-corrected chi connectivity index (χ0v) is 12.5. The lowest BCUT2D eigenvalue weighted by atomic mass is 10.1. The van der Waals surface area contributed by atoms with Crippen LogP contribution in [-0.4, -0.2) is 24.5 Å². The second-order valence-electron chi connectivity index (χ2n) is 4.49. The molecule has 0 saturated heterocycles. The van der Waals surface area contributed by atoms with Crippen molar-refractivity contribution in [3.05, 3.63) is 27.7 Å². The van der Waals surface area contributed by atoms with Crippen LogP contribution in [0.5, 0.6) is 5.75 Å². The topological polar surface area (TPSA) is 52.6 Å². The predicted octanol–water partition coefficient (Wildman–Crippen LogP) is 3.04. The van der Waals surface area contributed by atoms with Gasteiger partial charge in [-0.25, -0.2) is 4.79 Å². The van der Waals surface area contributed by atoms with Gasteiger partial charge >= 0.3 is 5.97 Å². The summed E-state index contributed by atoms with van der Waals surface area (Å²) in [5.41, 5.74) is 1.14. The second kappa shape index (κ2) is 5.74. The molecule has 1 aliphatic rings. The molecule has 0 aliphatic heterocycles. The maximum atomic E-state index is 12.1. The Labute approximate surface area is 120 Å². The molecule has 0 N–H and O–H groups in total. The summed E-state index contributed by atoms with van der Waals surface area (Å²) in [6.45, 7) is 3.70. The Morgan fingerprint density at radius 3 is 2.63 bits per heavy atom. The van der Waals surface area contributed by atoms with Gasteiger partial charge in [-0.2, -0.15) is 0 Å². The molecule has 1 aromatic carbocycles. The molecule has 19 heavy (non-hydrogen) atoms. The fourth-order valence-electron chi connectivity index (χ4n) is 1.68. The highest BCUT2D eigenvalue weighted by Gasteiger charge is 2.29. The molecule has 1 aliphatic carbocycles. The Hall–Kier alpha value is -1.36. The molecule has 1 aromatic rings. The summed E-state index contributed by atoms with van der Waals surface area (Å²) in [6, 6.07) is 3.52. The highest BCUT2D eigenvalue weighted by Crippen LogP contribution is 2.36. The summed E-state index contributed by atoms with van der Waals surface area (Å²) in [5.74, 6) is -1.08. The number of ketones is 1. The van der Waals surface area contributed by atoms with E-state index in [1.54, 1.807) is 13.0 Å². The van der Waals surface area contributed by atoms with Crippen LogP contribution in [0.4, 0.5) is 0 Å². The van der Waals surface area contributed by atoms with Crippen LogP contribution in [0.3, 0.4) is 0 Å². The molecule has 102 valence electrons. The van der Waals surface area contributed by atoms with Crippen molar-refractivity contribution < 1.29 is 19.1 Å². The van der Waals surface area contributed by atoms with E-state index in [2.05, 4.69) is 15.9 Å². The third-order valence-corrected chi connectivity index (χ3v) is 3.29. The summed E-state index contributed by atoms with van der Waals surface area (Å²) in [6.07, 6.45) is 2.11. The minimum Gasteiger partial charge on any atom is -0.488 e. The van der Waals surface area contributed by atoms with Gasteiger partial charge in [-0.15, -0.1) is 0 Å². The molecule has 1 fully saturated rings. The number of halogens is 1. The predicted molar refractivity (Wildman–Crippen MR) is 73.5 cm³/mol. The number of esters is 1. The van der Waals surface area contributed by atoms with Gasteiger partial charge in [0, 0.05) is 0 Å². The van der Waals surface area contributed by atoms with Gasteiger partial charge in [0.05, 0.1) is 22.7 Å². The van der Waals surface area contributed by atoms with Crippen molar-refractivity contribution in [2.24, 2.45) is 0 Å². The molecular weight excluding hydrogens is 312 g/mol. The van der Waals surface area contributed by atoms with E-state index in [9.17, 15) is 9.59 Å². The average molecular weight is 327 g/mol. The van der Waals surface area contributed by atoms with E-state index in [1.165, 1.54) is 0 Å². The minimum atomic E-state index is -0.847. The van der Waals surface area contributed by atoms with Crippen LogP contribution in [0.25, 0.3) is 0 Å². The van der Waals surface area contributed by atoms with Crippen molar-refractivity contribution in [2.45, 2.75) is 32.8 Å². The summed E-state index contributed by atoms with van der Waals surface area (Å²) in [7, 11) is 0. The number of Topliss-reactive ketones (excluding diaryl/α,β-unsaturated/α-hetero) is 1. The molecule has 4 nitrogen and oxygen atoms in total. The first-order valence-corrected chi connectivity index (χ1v) is 7.00. The van der Waals surface area contributed by atoms with E-state index in [0.29, 0.717) is 10.2 Å². The third-order valence-electron chi connectivity index (χ3n) is 2.70. The number of rotatable bonds is 5. The van der Waals surface area contributed by atoms with E-state index in [0.717, 1.165) is 18.4 Å². The van der Waals surface area contributed by atoms with Crippen molar-refractivity contribution in [2.75, 3.05) is 6.61 Å². The van der Waals surface area contributed by atoms with Gasteiger partial charge in [-0.1, -0.05) is 0 Å². The van der Waals surface area contributed by atoms with Crippen LogP contribution in [0, 0.1) is 6.92 Å². The van der Waals surface area contributed by atoms with E-state index in [-0.39, 0.29) is 18.3 Å². The van der Waals surface area contributed by atoms with Crippen molar-refractivity contribution in [3.63, 3.8) is 0 Å². The Bertz CT molecular complexity index is 520. The Kier molecular flexibility index (Phi) is 4.24. The quantitative estimate of drug-likeness (QED) is 0.474. The van der Waals surface area contributed by atoms with Gasteiger partial charge in [0.1, 0.15) is 5.75 Å². The van der Waals surface area contributed by atoms with Crippen LogP contribution < -0.4 is 4.74 Å². The Morgan fingerprint density at radius 1 is 1.37 bits per heavy atom. The Balaban J connectivity index is 2.35. The van der Waals surface area contributed by atoms with Crippen LogP contribution in [0.1, 0.15) is 35.7 Å². The number of carbonyl (C=O) groups is 2. The van der Waals surface area contributed by atoms with Crippen LogP contribution in [-0.2, 0) is 9.53 Å². The van der Waals surface area contributed by atoms with E-state index in [1.807, 2.05) is 13.0 Å². The van der Waals surface area contributed by atoms with E-state index in [4.69, 9.17) is 9.47 Å². The summed E-state index contributed by atoms with van der Waals surface area (Å²) in [5, 5.41) is 0. The minimum absolute atomic E-state index is 0.146. The molecule has 0 amide bonds. The largest absolute Gasteiger partial charge is 0.488 e. The molecule has 0 unspecified atom stereocenters. The second-order valence-corrected chi connectivity index (χ2v) is 5.34. The lowest BCUT2D eigenvalue weighted by molar-refractivity contribution is -0.137. The molecule has 1 saturated carbocycles. The van der Waals surface area contributed by atoms with Gasteiger partial charge in [0.2, 0.25) is 0 Å². The number of hydrogen-bond donors (Lipinski definition) is 0. The number of benzene rings is 1. The van der Waals surface area contributed by atoms with Crippen molar-refractivity contribution in [1.29, 1.82) is 0 Å². The van der Waals surface area contributed by atoms with Gasteiger partial charge in [-0.05, 0) is 60.3 Å². The molecule has 0 aromatic heterocycles. The lowest BCUT2D eigenvalue weighted by Crippen LogP contribution is -2.19. The normalized spacial score (nSPS) is 14.1. The van der Waals surface area contributed by atoms with Gasteiger partial charge in [0.25, 0.3) is 5.78 Å². The van der Waals surface area contributed by atoms with Crippen LogP contribution in [0.2, 0.25) is 0 Å². The highest BCUT2D eigenvalue weighted by molar-refractivity contribution is 9.10. The van der Waals surface area contributed by atoms with E-state index >= 15 is 0 Å². The zero-order valence-electron chi connectivity index (χ0n) is 10.9. The number of aryl methyl sites for hydroxylation is 1. The lowest BCUT2D eigenvalue weighted by Gasteiger charge is -2.12. The fraction of sp³-hybridized carbons (Fsp3) is 0.429. The standard InChI is InChI=1S/C14H15BrO4/c1-3-18-14(17)12(16)10-6-8(2)7-11(15)13(10)19-9-4-5-9/h6-7,9H,3-5H2,1-2H3. The fourth-order valence-corrected chi connectivity index (χ4v) is 2.34. The van der Waals surface area contributed by atoms with Gasteiger partial charge < -0.3 is 9.47 Å². The SMILES string of the molecule is CCOC(=O)C(=O)c1cc(C)cc(Br)c1OC1CC1. The molecule has 0 atom stereocenters. The first-order valence-electron chi connectivity index (χ1n) is 6.21.